The Labute approximate surface area is 116 Å². The standard InChI is InChI=1S/C12H8ClF3N2O2/c1-6-4-10(20-18-6)11(19)17-7-2-3-9(13)8(5-7)12(14,15)16/h2-5H,1H3,(H,17,19). The van der Waals surface area contributed by atoms with E-state index in [0.717, 1.165) is 12.1 Å². The molecule has 8 heteroatoms. The van der Waals surface area contributed by atoms with E-state index in [1.807, 2.05) is 0 Å². The summed E-state index contributed by atoms with van der Waals surface area (Å²) in [6, 6.07) is 4.45. The highest BCUT2D eigenvalue weighted by molar-refractivity contribution is 6.31. The van der Waals surface area contributed by atoms with E-state index < -0.39 is 22.7 Å². The number of nitrogens with zero attached hydrogens (tertiary/aromatic N) is 1. The zero-order valence-corrected chi connectivity index (χ0v) is 10.8. The molecule has 0 saturated heterocycles. The molecule has 0 spiro atoms. The Bertz CT molecular complexity index is 652. The van der Waals surface area contributed by atoms with E-state index in [1.54, 1.807) is 6.92 Å². The molecule has 0 radical (unpaired) electrons. The number of amides is 1. The van der Waals surface area contributed by atoms with Crippen LogP contribution in [0.25, 0.3) is 0 Å². The quantitative estimate of drug-likeness (QED) is 0.915. The normalized spacial score (nSPS) is 11.4. The van der Waals surface area contributed by atoms with Gasteiger partial charge in [0.25, 0.3) is 5.91 Å². The highest BCUT2D eigenvalue weighted by Gasteiger charge is 2.33. The maximum Gasteiger partial charge on any atom is 0.417 e. The van der Waals surface area contributed by atoms with Crippen LogP contribution in [-0.4, -0.2) is 11.1 Å². The van der Waals surface area contributed by atoms with Crippen molar-refractivity contribution in [3.8, 4) is 0 Å². The fraction of sp³-hybridized carbons (Fsp3) is 0.167. The molecular weight excluding hydrogens is 297 g/mol. The molecule has 0 bridgehead atoms. The van der Waals surface area contributed by atoms with Gasteiger partial charge in [0.05, 0.1) is 16.3 Å². The molecule has 2 aromatic rings. The van der Waals surface area contributed by atoms with E-state index in [9.17, 15) is 18.0 Å². The predicted octanol–water partition coefficient (Wildman–Crippen LogP) is 3.91. The summed E-state index contributed by atoms with van der Waals surface area (Å²) < 4.78 is 42.7. The minimum Gasteiger partial charge on any atom is -0.351 e. The molecule has 20 heavy (non-hydrogen) atoms. The Balaban J connectivity index is 2.24. The van der Waals surface area contributed by atoms with Crippen molar-refractivity contribution in [3.63, 3.8) is 0 Å². The maximum absolute atomic E-state index is 12.7. The van der Waals surface area contributed by atoms with Crippen molar-refractivity contribution in [2.24, 2.45) is 0 Å². The number of aryl methyl sites for hydroxylation is 1. The zero-order valence-electron chi connectivity index (χ0n) is 10.1. The molecular formula is C12H8ClF3N2O2. The number of hydrogen-bond acceptors (Lipinski definition) is 3. The second kappa shape index (κ2) is 5.16. The lowest BCUT2D eigenvalue weighted by atomic mass is 10.2. The SMILES string of the molecule is Cc1cc(C(=O)Nc2ccc(Cl)c(C(F)(F)F)c2)on1. The molecule has 0 aliphatic rings. The van der Waals surface area contributed by atoms with Crippen LogP contribution in [0.5, 0.6) is 0 Å². The monoisotopic (exact) mass is 304 g/mol. The molecule has 0 aliphatic carbocycles. The molecule has 0 saturated carbocycles. The van der Waals surface area contributed by atoms with Gasteiger partial charge in [-0.3, -0.25) is 4.79 Å². The molecule has 4 nitrogen and oxygen atoms in total. The number of anilines is 1. The van der Waals surface area contributed by atoms with Crippen LogP contribution in [0.1, 0.15) is 21.8 Å². The minimum atomic E-state index is -4.60. The van der Waals surface area contributed by atoms with Gasteiger partial charge < -0.3 is 9.84 Å². The van der Waals surface area contributed by atoms with Crippen molar-refractivity contribution >= 4 is 23.2 Å². The number of nitrogens with one attached hydrogen (secondary N) is 1. The fourth-order valence-corrected chi connectivity index (χ4v) is 1.71. The van der Waals surface area contributed by atoms with Crippen LogP contribution in [0, 0.1) is 6.92 Å². The third-order valence-electron chi connectivity index (χ3n) is 2.38. The molecule has 1 amide bonds. The maximum atomic E-state index is 12.7. The molecule has 0 unspecified atom stereocenters. The van der Waals surface area contributed by atoms with E-state index in [1.165, 1.54) is 12.1 Å². The molecule has 1 heterocycles. The third kappa shape index (κ3) is 3.11. The van der Waals surface area contributed by atoms with Gasteiger partial charge in [-0.15, -0.1) is 0 Å². The number of rotatable bonds is 2. The summed E-state index contributed by atoms with van der Waals surface area (Å²) in [5.74, 6) is -0.785. The van der Waals surface area contributed by atoms with E-state index in [-0.39, 0.29) is 11.4 Å². The fourth-order valence-electron chi connectivity index (χ4n) is 1.48. The van der Waals surface area contributed by atoms with Crippen LogP contribution < -0.4 is 5.32 Å². The molecule has 0 aliphatic heterocycles. The summed E-state index contributed by atoms with van der Waals surface area (Å²) in [5, 5.41) is 5.35. The Morgan fingerprint density at radius 1 is 1.35 bits per heavy atom. The molecule has 0 fully saturated rings. The van der Waals surface area contributed by atoms with Crippen LogP contribution in [0.4, 0.5) is 18.9 Å². The average molecular weight is 305 g/mol. The first-order valence-electron chi connectivity index (χ1n) is 5.39. The third-order valence-corrected chi connectivity index (χ3v) is 2.71. The number of halogens is 4. The molecule has 106 valence electrons. The lowest BCUT2D eigenvalue weighted by Gasteiger charge is -2.11. The largest absolute Gasteiger partial charge is 0.417 e. The summed E-state index contributed by atoms with van der Waals surface area (Å²) in [5.41, 5.74) is -0.575. The molecule has 2 rings (SSSR count). The van der Waals surface area contributed by atoms with Gasteiger partial charge >= 0.3 is 6.18 Å². The first-order chi connectivity index (χ1) is 9.27. The number of hydrogen-bond donors (Lipinski definition) is 1. The van der Waals surface area contributed by atoms with Gasteiger partial charge in [0, 0.05) is 11.8 Å². The molecule has 1 N–H and O–H groups in total. The number of aromatic nitrogens is 1. The number of benzene rings is 1. The van der Waals surface area contributed by atoms with Crippen molar-refractivity contribution in [1.29, 1.82) is 0 Å². The van der Waals surface area contributed by atoms with Gasteiger partial charge in [0.2, 0.25) is 5.76 Å². The van der Waals surface area contributed by atoms with Gasteiger partial charge in [-0.05, 0) is 25.1 Å². The zero-order chi connectivity index (χ0) is 14.9. The predicted molar refractivity (Wildman–Crippen MR) is 65.6 cm³/mol. The second-order valence-corrected chi connectivity index (χ2v) is 4.39. The van der Waals surface area contributed by atoms with E-state index in [4.69, 9.17) is 16.1 Å². The number of carbonyl (C=O) groups is 1. The van der Waals surface area contributed by atoms with Crippen LogP contribution in [0.3, 0.4) is 0 Å². The van der Waals surface area contributed by atoms with Crippen LogP contribution in [-0.2, 0) is 6.18 Å². The van der Waals surface area contributed by atoms with Gasteiger partial charge in [-0.2, -0.15) is 13.2 Å². The van der Waals surface area contributed by atoms with Crippen molar-refractivity contribution in [2.75, 3.05) is 5.32 Å². The lowest BCUT2D eigenvalue weighted by Crippen LogP contribution is -2.12. The lowest BCUT2D eigenvalue weighted by molar-refractivity contribution is -0.137. The van der Waals surface area contributed by atoms with Crippen molar-refractivity contribution in [3.05, 3.63) is 46.3 Å². The van der Waals surface area contributed by atoms with Crippen LogP contribution in [0.2, 0.25) is 5.02 Å². The summed E-state index contributed by atoms with van der Waals surface area (Å²) in [6.45, 7) is 1.62. The Hall–Kier alpha value is -2.02. The number of alkyl halides is 3. The highest BCUT2D eigenvalue weighted by atomic mass is 35.5. The topological polar surface area (TPSA) is 55.1 Å². The Kier molecular flexibility index (Phi) is 3.71. The van der Waals surface area contributed by atoms with Crippen molar-refractivity contribution in [1.82, 2.24) is 5.16 Å². The first-order valence-corrected chi connectivity index (χ1v) is 5.76. The summed E-state index contributed by atoms with van der Waals surface area (Å²) in [7, 11) is 0. The summed E-state index contributed by atoms with van der Waals surface area (Å²) >= 11 is 5.48. The van der Waals surface area contributed by atoms with E-state index in [0.29, 0.717) is 5.69 Å². The second-order valence-electron chi connectivity index (χ2n) is 3.98. The van der Waals surface area contributed by atoms with Crippen molar-refractivity contribution < 1.29 is 22.5 Å². The number of carbonyl (C=O) groups excluding carboxylic acids is 1. The first kappa shape index (κ1) is 14.4. The molecule has 1 aromatic carbocycles. The summed E-state index contributed by atoms with van der Waals surface area (Å²) in [4.78, 5) is 11.7. The van der Waals surface area contributed by atoms with Crippen molar-refractivity contribution in [2.45, 2.75) is 13.1 Å². The van der Waals surface area contributed by atoms with E-state index >= 15 is 0 Å². The van der Waals surface area contributed by atoms with E-state index in [2.05, 4.69) is 10.5 Å². The van der Waals surface area contributed by atoms with Gasteiger partial charge in [-0.1, -0.05) is 16.8 Å². The Morgan fingerprint density at radius 2 is 2.05 bits per heavy atom. The van der Waals surface area contributed by atoms with Gasteiger partial charge in [0.15, 0.2) is 0 Å². The van der Waals surface area contributed by atoms with Gasteiger partial charge in [0.1, 0.15) is 0 Å². The smallest absolute Gasteiger partial charge is 0.351 e. The summed E-state index contributed by atoms with van der Waals surface area (Å²) in [6.07, 6.45) is -4.60. The van der Waals surface area contributed by atoms with Crippen LogP contribution in [0.15, 0.2) is 28.8 Å². The highest BCUT2D eigenvalue weighted by Crippen LogP contribution is 2.36. The molecule has 1 aromatic heterocycles. The molecule has 0 atom stereocenters. The minimum absolute atomic E-state index is 0.0409. The average Bonchev–Trinajstić information content (AvgIpc) is 2.77. The van der Waals surface area contributed by atoms with Crippen LogP contribution >= 0.6 is 11.6 Å². The Morgan fingerprint density at radius 3 is 2.60 bits per heavy atom. The van der Waals surface area contributed by atoms with Gasteiger partial charge in [-0.25, -0.2) is 0 Å².